The van der Waals surface area contributed by atoms with Gasteiger partial charge in [-0.15, -0.1) is 0 Å². The highest BCUT2D eigenvalue weighted by Crippen LogP contribution is 2.31. The Balaban J connectivity index is 1.62. The number of benzene rings is 2. The molecule has 1 heterocycles. The van der Waals surface area contributed by atoms with E-state index in [4.69, 9.17) is 21.1 Å². The van der Waals surface area contributed by atoms with E-state index in [1.165, 1.54) is 29.6 Å². The molecule has 9 heteroatoms. The highest BCUT2D eigenvalue weighted by atomic mass is 35.5. The summed E-state index contributed by atoms with van der Waals surface area (Å²) in [6.07, 6.45) is 0.904. The van der Waals surface area contributed by atoms with Crippen LogP contribution in [0.15, 0.2) is 47.4 Å². The largest absolute Gasteiger partial charge is 0.496 e. The molecule has 0 aliphatic carbocycles. The lowest BCUT2D eigenvalue weighted by Gasteiger charge is -2.31. The molecule has 1 aliphatic rings. The third kappa shape index (κ3) is 5.14. The van der Waals surface area contributed by atoms with Gasteiger partial charge in [-0.05, 0) is 44.0 Å². The standard InChI is InChI=1S/C22H27ClN2O5S/c1-15(18-6-4-5-7-20(18)29-2)24-22(26)16-10-12-25(13-11-16)31(27,28)17-8-9-21(30-3)19(23)14-17/h4-9,14-16H,10-13H2,1-3H3,(H,24,26)/t15-/m0/s1. The van der Waals surface area contributed by atoms with E-state index < -0.39 is 10.0 Å². The van der Waals surface area contributed by atoms with Crippen molar-refractivity contribution in [2.45, 2.75) is 30.7 Å². The molecule has 1 fully saturated rings. The maximum atomic E-state index is 13.0. The molecule has 0 radical (unpaired) electrons. The van der Waals surface area contributed by atoms with E-state index in [0.29, 0.717) is 18.6 Å². The fraction of sp³-hybridized carbons (Fsp3) is 0.409. The number of piperidine rings is 1. The molecule has 1 saturated heterocycles. The van der Waals surface area contributed by atoms with E-state index in [-0.39, 0.29) is 40.9 Å². The Labute approximate surface area is 188 Å². The lowest BCUT2D eigenvalue weighted by atomic mass is 9.96. The molecule has 31 heavy (non-hydrogen) atoms. The number of para-hydroxylation sites is 1. The minimum atomic E-state index is -3.69. The van der Waals surface area contributed by atoms with Crippen molar-refractivity contribution in [2.24, 2.45) is 5.92 Å². The second-order valence-corrected chi connectivity index (χ2v) is 9.79. The summed E-state index contributed by atoms with van der Waals surface area (Å²) in [4.78, 5) is 12.9. The lowest BCUT2D eigenvalue weighted by Crippen LogP contribution is -2.43. The quantitative estimate of drug-likeness (QED) is 0.673. The molecular weight excluding hydrogens is 440 g/mol. The van der Waals surface area contributed by atoms with Crippen LogP contribution < -0.4 is 14.8 Å². The molecule has 1 amide bonds. The Morgan fingerprint density at radius 3 is 2.35 bits per heavy atom. The van der Waals surface area contributed by atoms with Crippen LogP contribution in [0.1, 0.15) is 31.4 Å². The molecule has 3 rings (SSSR count). The van der Waals surface area contributed by atoms with E-state index >= 15 is 0 Å². The molecule has 0 saturated carbocycles. The minimum absolute atomic E-state index is 0.0806. The first kappa shape index (κ1) is 23.4. The highest BCUT2D eigenvalue weighted by molar-refractivity contribution is 7.89. The number of ether oxygens (including phenoxy) is 2. The number of nitrogens with zero attached hydrogens (tertiary/aromatic N) is 1. The van der Waals surface area contributed by atoms with Gasteiger partial charge in [-0.3, -0.25) is 4.79 Å². The van der Waals surface area contributed by atoms with Gasteiger partial charge in [0.25, 0.3) is 0 Å². The number of carbonyl (C=O) groups excluding carboxylic acids is 1. The second kappa shape index (κ2) is 9.89. The first-order valence-corrected chi connectivity index (χ1v) is 11.9. The fourth-order valence-corrected chi connectivity index (χ4v) is 5.57. The van der Waals surface area contributed by atoms with Crippen LogP contribution in [0.5, 0.6) is 11.5 Å². The van der Waals surface area contributed by atoms with Crippen LogP contribution in [0.3, 0.4) is 0 Å². The van der Waals surface area contributed by atoms with Crippen LogP contribution >= 0.6 is 11.6 Å². The number of nitrogens with one attached hydrogen (secondary N) is 1. The molecule has 0 unspecified atom stereocenters. The van der Waals surface area contributed by atoms with E-state index in [9.17, 15) is 13.2 Å². The van der Waals surface area contributed by atoms with Crippen LogP contribution in [-0.2, 0) is 14.8 Å². The Kier molecular flexibility index (Phi) is 7.46. The molecule has 7 nitrogen and oxygen atoms in total. The summed E-state index contributed by atoms with van der Waals surface area (Å²) < 4.78 is 37.8. The molecule has 168 valence electrons. The number of hydrogen-bond donors (Lipinski definition) is 1. The molecular formula is C22H27ClN2O5S. The number of sulfonamides is 1. The predicted molar refractivity (Wildman–Crippen MR) is 119 cm³/mol. The van der Waals surface area contributed by atoms with Crippen LogP contribution in [0.25, 0.3) is 0 Å². The first-order valence-electron chi connectivity index (χ1n) is 10.0. The normalized spacial score (nSPS) is 16.5. The number of methoxy groups -OCH3 is 2. The van der Waals surface area contributed by atoms with Gasteiger partial charge in [0.2, 0.25) is 15.9 Å². The first-order chi connectivity index (χ1) is 14.8. The molecule has 1 atom stereocenters. The maximum Gasteiger partial charge on any atom is 0.243 e. The Morgan fingerprint density at radius 1 is 1.10 bits per heavy atom. The van der Waals surface area contributed by atoms with Gasteiger partial charge in [-0.2, -0.15) is 4.31 Å². The van der Waals surface area contributed by atoms with Crippen molar-refractivity contribution in [1.29, 1.82) is 0 Å². The van der Waals surface area contributed by atoms with Gasteiger partial charge in [-0.1, -0.05) is 29.8 Å². The summed E-state index contributed by atoms with van der Waals surface area (Å²) in [6, 6.07) is 11.7. The number of halogens is 1. The SMILES string of the molecule is COc1ccc(S(=O)(=O)N2CCC(C(=O)N[C@@H](C)c3ccccc3OC)CC2)cc1Cl. The van der Waals surface area contributed by atoms with Crippen LogP contribution in [0.2, 0.25) is 5.02 Å². The zero-order valence-electron chi connectivity index (χ0n) is 17.8. The molecule has 1 N–H and O–H groups in total. The van der Waals surface area contributed by atoms with Gasteiger partial charge in [0.15, 0.2) is 0 Å². The average molecular weight is 467 g/mol. The molecule has 0 aromatic heterocycles. The smallest absolute Gasteiger partial charge is 0.243 e. The monoisotopic (exact) mass is 466 g/mol. The van der Waals surface area contributed by atoms with Crippen molar-refractivity contribution < 1.29 is 22.7 Å². The third-order valence-corrected chi connectivity index (χ3v) is 7.74. The Morgan fingerprint density at radius 2 is 1.74 bits per heavy atom. The predicted octanol–water partition coefficient (Wildman–Crippen LogP) is 3.64. The molecule has 0 bridgehead atoms. The van der Waals surface area contributed by atoms with Crippen LogP contribution in [0.4, 0.5) is 0 Å². The van der Waals surface area contributed by atoms with Crippen molar-refractivity contribution in [2.75, 3.05) is 27.3 Å². The molecule has 2 aromatic carbocycles. The zero-order valence-corrected chi connectivity index (χ0v) is 19.4. The Hall–Kier alpha value is -2.29. The van der Waals surface area contributed by atoms with Crippen molar-refractivity contribution in [3.8, 4) is 11.5 Å². The van der Waals surface area contributed by atoms with Crippen molar-refractivity contribution in [3.05, 3.63) is 53.1 Å². The van der Waals surface area contributed by atoms with E-state index in [1.54, 1.807) is 7.11 Å². The number of hydrogen-bond acceptors (Lipinski definition) is 5. The Bertz CT molecular complexity index is 1040. The van der Waals surface area contributed by atoms with Gasteiger partial charge in [-0.25, -0.2) is 8.42 Å². The molecule has 1 aliphatic heterocycles. The van der Waals surface area contributed by atoms with E-state index in [0.717, 1.165) is 11.3 Å². The van der Waals surface area contributed by atoms with Gasteiger partial charge < -0.3 is 14.8 Å². The topological polar surface area (TPSA) is 84.9 Å². The van der Waals surface area contributed by atoms with Gasteiger partial charge in [0, 0.05) is 24.6 Å². The van der Waals surface area contributed by atoms with Crippen LogP contribution in [-0.4, -0.2) is 45.9 Å². The van der Waals surface area contributed by atoms with Crippen molar-refractivity contribution in [3.63, 3.8) is 0 Å². The summed E-state index contributed by atoms with van der Waals surface area (Å²) >= 11 is 6.09. The number of carbonyl (C=O) groups is 1. The molecule has 2 aromatic rings. The lowest BCUT2D eigenvalue weighted by molar-refractivity contribution is -0.126. The summed E-state index contributed by atoms with van der Waals surface area (Å²) in [5.41, 5.74) is 0.898. The summed E-state index contributed by atoms with van der Waals surface area (Å²) in [5, 5.41) is 3.27. The summed E-state index contributed by atoms with van der Waals surface area (Å²) in [7, 11) is -0.620. The second-order valence-electron chi connectivity index (χ2n) is 7.45. The minimum Gasteiger partial charge on any atom is -0.496 e. The van der Waals surface area contributed by atoms with Crippen molar-refractivity contribution in [1.82, 2.24) is 9.62 Å². The highest BCUT2D eigenvalue weighted by Gasteiger charge is 2.33. The van der Waals surface area contributed by atoms with E-state index in [2.05, 4.69) is 5.32 Å². The molecule has 0 spiro atoms. The third-order valence-electron chi connectivity index (χ3n) is 5.55. The van der Waals surface area contributed by atoms with E-state index in [1.807, 2.05) is 31.2 Å². The zero-order chi connectivity index (χ0) is 22.6. The van der Waals surface area contributed by atoms with Gasteiger partial charge in [0.1, 0.15) is 11.5 Å². The maximum absolute atomic E-state index is 13.0. The number of rotatable bonds is 7. The van der Waals surface area contributed by atoms with Crippen LogP contribution in [0, 0.1) is 5.92 Å². The van der Waals surface area contributed by atoms with Gasteiger partial charge in [0.05, 0.1) is 30.2 Å². The summed E-state index contributed by atoms with van der Waals surface area (Å²) in [6.45, 7) is 2.45. The summed E-state index contributed by atoms with van der Waals surface area (Å²) in [5.74, 6) is 0.806. The van der Waals surface area contributed by atoms with Gasteiger partial charge >= 0.3 is 0 Å². The number of amides is 1. The average Bonchev–Trinajstić information content (AvgIpc) is 2.78. The fourth-order valence-electron chi connectivity index (χ4n) is 3.75. The van der Waals surface area contributed by atoms with Crippen molar-refractivity contribution >= 4 is 27.5 Å².